The van der Waals surface area contributed by atoms with Gasteiger partial charge >= 0.3 is 0 Å². The fourth-order valence-electron chi connectivity index (χ4n) is 1.04. The first-order valence-electron chi connectivity index (χ1n) is 3.52. The van der Waals surface area contributed by atoms with Crippen LogP contribution >= 0.6 is 0 Å². The van der Waals surface area contributed by atoms with Gasteiger partial charge in [0.2, 0.25) is 0 Å². The Bertz CT molecular complexity index is 395. The summed E-state index contributed by atoms with van der Waals surface area (Å²) in [5.74, 6) is 0.821. The van der Waals surface area contributed by atoms with E-state index in [0.29, 0.717) is 5.71 Å². The highest BCUT2D eigenvalue weighted by molar-refractivity contribution is 5.84. The Hall–Kier alpha value is -1.65. The van der Waals surface area contributed by atoms with Crippen LogP contribution in [0.15, 0.2) is 17.0 Å². The Balaban J connectivity index is 2.73. The lowest BCUT2D eigenvalue weighted by Crippen LogP contribution is -2.10. The number of aromatic nitrogens is 3. The lowest BCUT2D eigenvalue weighted by molar-refractivity contribution is 0.448. The molecule has 0 spiro atoms. The van der Waals surface area contributed by atoms with Crippen molar-refractivity contribution in [3.05, 3.63) is 12.5 Å². The van der Waals surface area contributed by atoms with Gasteiger partial charge in [0.15, 0.2) is 0 Å². The lowest BCUT2D eigenvalue weighted by atomic mass is 10.4. The van der Waals surface area contributed by atoms with Crippen LogP contribution in [0.1, 0.15) is 0 Å². The molecule has 0 aliphatic carbocycles. The van der Waals surface area contributed by atoms with E-state index in [-0.39, 0.29) is 0 Å². The predicted octanol–water partition coefficient (Wildman–Crippen LogP) is 0.684. The first-order valence-corrected chi connectivity index (χ1v) is 3.52. The summed E-state index contributed by atoms with van der Waals surface area (Å²) in [6.07, 6.45) is 3.08. The highest BCUT2D eigenvalue weighted by Gasteiger charge is 2.07. The molecule has 0 N–H and O–H groups in total. The monoisotopic (exact) mass is 164 g/mol. The summed E-state index contributed by atoms with van der Waals surface area (Å²) in [6.45, 7) is 0. The van der Waals surface area contributed by atoms with Gasteiger partial charge in [-0.15, -0.1) is 0 Å². The maximum atomic E-state index is 4.88. The molecule has 62 valence electrons. The minimum Gasteiger partial charge on any atom is -0.362 e. The van der Waals surface area contributed by atoms with Crippen molar-refractivity contribution in [3.8, 4) is 0 Å². The number of hydrogen-bond donors (Lipinski definition) is 0. The van der Waals surface area contributed by atoms with Crippen molar-refractivity contribution in [2.24, 2.45) is 0 Å². The standard InChI is InChI=1S/C7H8N4O/c1-11(2)6-5-3-10-12-7(5)9-4-8-6/h3-4H,1-2H3. The first-order chi connectivity index (χ1) is 5.79. The number of fused-ring (bicyclic) bond motifs is 1. The van der Waals surface area contributed by atoms with Crippen LogP contribution in [0.5, 0.6) is 0 Å². The number of hydrogen-bond acceptors (Lipinski definition) is 5. The Labute approximate surface area is 69.0 Å². The first kappa shape index (κ1) is 7.02. The SMILES string of the molecule is CN(C)c1ncnc2oncc12. The maximum Gasteiger partial charge on any atom is 0.262 e. The molecule has 0 bridgehead atoms. The number of anilines is 1. The molecule has 0 unspecified atom stereocenters. The summed E-state index contributed by atoms with van der Waals surface area (Å²) < 4.78 is 4.88. The van der Waals surface area contributed by atoms with Crippen molar-refractivity contribution in [2.45, 2.75) is 0 Å². The van der Waals surface area contributed by atoms with Crippen LogP contribution in [-0.4, -0.2) is 29.2 Å². The molecule has 0 aliphatic heterocycles. The minimum absolute atomic E-state index is 0.522. The van der Waals surface area contributed by atoms with E-state index in [1.807, 2.05) is 19.0 Å². The summed E-state index contributed by atoms with van der Waals surface area (Å²) in [5, 5.41) is 4.48. The smallest absolute Gasteiger partial charge is 0.262 e. The van der Waals surface area contributed by atoms with E-state index in [0.717, 1.165) is 11.2 Å². The molecule has 0 aromatic carbocycles. The van der Waals surface area contributed by atoms with Gasteiger partial charge in [-0.1, -0.05) is 5.16 Å². The number of nitrogens with zero attached hydrogens (tertiary/aromatic N) is 4. The molecule has 5 heteroatoms. The molecule has 12 heavy (non-hydrogen) atoms. The second-order valence-corrected chi connectivity index (χ2v) is 2.64. The van der Waals surface area contributed by atoms with E-state index in [1.54, 1.807) is 6.20 Å². The average Bonchev–Trinajstić information content (AvgIpc) is 2.49. The Morgan fingerprint density at radius 2 is 2.17 bits per heavy atom. The summed E-state index contributed by atoms with van der Waals surface area (Å²) in [6, 6.07) is 0. The van der Waals surface area contributed by atoms with Crippen LogP contribution in [0.25, 0.3) is 11.1 Å². The molecule has 5 nitrogen and oxygen atoms in total. The summed E-state index contributed by atoms with van der Waals surface area (Å²) in [4.78, 5) is 9.90. The molecule has 2 aromatic heterocycles. The van der Waals surface area contributed by atoms with Gasteiger partial charge in [0.25, 0.3) is 5.71 Å². The fourth-order valence-corrected chi connectivity index (χ4v) is 1.04. The second-order valence-electron chi connectivity index (χ2n) is 2.64. The predicted molar refractivity (Wildman–Crippen MR) is 43.9 cm³/mol. The Morgan fingerprint density at radius 3 is 2.92 bits per heavy atom. The van der Waals surface area contributed by atoms with E-state index < -0.39 is 0 Å². The van der Waals surface area contributed by atoms with Crippen molar-refractivity contribution >= 4 is 16.9 Å². The van der Waals surface area contributed by atoms with Gasteiger partial charge in [-0.3, -0.25) is 0 Å². The topological polar surface area (TPSA) is 55.1 Å². The van der Waals surface area contributed by atoms with E-state index in [9.17, 15) is 0 Å². The van der Waals surface area contributed by atoms with Crippen molar-refractivity contribution in [1.29, 1.82) is 0 Å². The fraction of sp³-hybridized carbons (Fsp3) is 0.286. The molecule has 0 atom stereocenters. The Kier molecular flexibility index (Phi) is 1.43. The van der Waals surface area contributed by atoms with Crippen LogP contribution < -0.4 is 4.90 Å². The van der Waals surface area contributed by atoms with E-state index in [2.05, 4.69) is 15.1 Å². The van der Waals surface area contributed by atoms with E-state index >= 15 is 0 Å². The third-order valence-electron chi connectivity index (χ3n) is 1.57. The van der Waals surface area contributed by atoms with Crippen LogP contribution in [0.2, 0.25) is 0 Å². The molecule has 0 fully saturated rings. The molecule has 0 aliphatic rings. The van der Waals surface area contributed by atoms with Crippen LogP contribution in [0, 0.1) is 0 Å². The molecule has 0 radical (unpaired) electrons. The molecule has 2 rings (SSSR count). The van der Waals surface area contributed by atoms with Gasteiger partial charge < -0.3 is 9.42 Å². The lowest BCUT2D eigenvalue weighted by Gasteiger charge is -2.09. The van der Waals surface area contributed by atoms with Gasteiger partial charge in [-0.25, -0.2) is 4.98 Å². The van der Waals surface area contributed by atoms with Gasteiger partial charge in [0.05, 0.1) is 6.20 Å². The normalized spacial score (nSPS) is 10.5. The van der Waals surface area contributed by atoms with Crippen LogP contribution in [0.4, 0.5) is 5.82 Å². The molecule has 2 aromatic rings. The van der Waals surface area contributed by atoms with Gasteiger partial charge in [-0.2, -0.15) is 4.98 Å². The third kappa shape index (κ3) is 0.903. The quantitative estimate of drug-likeness (QED) is 0.620. The zero-order chi connectivity index (χ0) is 8.55. The third-order valence-corrected chi connectivity index (χ3v) is 1.57. The molecular weight excluding hydrogens is 156 g/mol. The molecule has 0 saturated heterocycles. The second kappa shape index (κ2) is 2.44. The average molecular weight is 164 g/mol. The zero-order valence-corrected chi connectivity index (χ0v) is 6.85. The van der Waals surface area contributed by atoms with Crippen molar-refractivity contribution in [3.63, 3.8) is 0 Å². The summed E-state index contributed by atoms with van der Waals surface area (Å²) in [7, 11) is 3.82. The molecule has 0 amide bonds. The highest BCUT2D eigenvalue weighted by atomic mass is 16.5. The highest BCUT2D eigenvalue weighted by Crippen LogP contribution is 2.19. The van der Waals surface area contributed by atoms with Crippen molar-refractivity contribution in [1.82, 2.24) is 15.1 Å². The van der Waals surface area contributed by atoms with Crippen molar-refractivity contribution < 1.29 is 4.52 Å². The van der Waals surface area contributed by atoms with Gasteiger partial charge in [0.1, 0.15) is 17.5 Å². The van der Waals surface area contributed by atoms with Crippen LogP contribution in [0.3, 0.4) is 0 Å². The minimum atomic E-state index is 0.522. The number of rotatable bonds is 1. The molecule has 2 heterocycles. The molecule has 0 saturated carbocycles. The Morgan fingerprint density at radius 1 is 1.33 bits per heavy atom. The van der Waals surface area contributed by atoms with Gasteiger partial charge in [-0.05, 0) is 0 Å². The summed E-state index contributed by atoms with van der Waals surface area (Å²) in [5.41, 5.74) is 0.522. The maximum absolute atomic E-state index is 4.88. The zero-order valence-electron chi connectivity index (χ0n) is 6.85. The summed E-state index contributed by atoms with van der Waals surface area (Å²) >= 11 is 0. The van der Waals surface area contributed by atoms with Crippen LogP contribution in [-0.2, 0) is 0 Å². The largest absolute Gasteiger partial charge is 0.362 e. The van der Waals surface area contributed by atoms with Crippen molar-refractivity contribution in [2.75, 3.05) is 19.0 Å². The van der Waals surface area contributed by atoms with Gasteiger partial charge in [0, 0.05) is 14.1 Å². The van der Waals surface area contributed by atoms with E-state index in [4.69, 9.17) is 4.52 Å². The van der Waals surface area contributed by atoms with E-state index in [1.165, 1.54) is 6.33 Å². The molecular formula is C7H8N4O.